The van der Waals surface area contributed by atoms with E-state index in [-0.39, 0.29) is 66.9 Å². The minimum atomic E-state index is -2.83. The van der Waals surface area contributed by atoms with Crippen LogP contribution in [0.2, 0.25) is 15.3 Å². The lowest BCUT2D eigenvalue weighted by Gasteiger charge is -2.32. The Morgan fingerprint density at radius 2 is 0.865 bits per heavy atom. The number of nitrogens with one attached hydrogen (secondary N) is 2. The summed E-state index contributed by atoms with van der Waals surface area (Å²) in [6, 6.07) is 37.4. The summed E-state index contributed by atoms with van der Waals surface area (Å²) in [5, 5.41) is 17.3. The fourth-order valence-electron chi connectivity index (χ4n) is 15.4. The summed E-state index contributed by atoms with van der Waals surface area (Å²) in [6.45, 7) is 23.4. The molecule has 20 rings (SSSR count). The number of alkyl halides is 6. The molecule has 4 aliphatic heterocycles. The summed E-state index contributed by atoms with van der Waals surface area (Å²) in [4.78, 5) is 57.2. The SMILES string of the molecule is Brc1nccs1.COc1c(N)cccc1-c1nccs1.COc1c(N)cccc1B1OC(C)(C)C(C)(C)O1.COc1c(Nc2cc(Cl)nc3c2nc(C(F)F)n3C2CCCCO2)cccc1-c1nccs1.FC(F)c1nc2c(Cl)cc(Cl)nc2n1C1CCCCO1.[C-]#[N+]c1cccc(Cc2cc(Nc3cccc(-c4nccs4)c3OC)c3nc(C(F)F)n(C4CCCCO4)c3n2)n1.[C-]#[N+]c1cccc(N)n1. The van der Waals surface area contributed by atoms with Crippen LogP contribution in [-0.2, 0) is 29.9 Å². The Bertz CT molecular complexity index is 6980. The number of hydrogen-bond acceptors (Lipinski definition) is 30. The van der Waals surface area contributed by atoms with E-state index >= 15 is 0 Å². The highest BCUT2D eigenvalue weighted by molar-refractivity contribution is 9.11. The number of nitrogen functional groups attached to an aromatic ring is 3. The molecule has 4 fully saturated rings. The number of imidazole rings is 3. The number of ether oxygens (including phenoxy) is 7. The van der Waals surface area contributed by atoms with Crippen molar-refractivity contribution in [3.8, 4) is 54.7 Å². The molecule has 31 nitrogen and oxygen atoms in total. The fourth-order valence-corrected chi connectivity index (χ4v) is 18.9. The molecule has 0 aliphatic carbocycles. The van der Waals surface area contributed by atoms with Crippen molar-refractivity contribution in [2.75, 3.05) is 76.1 Å². The first-order valence-corrected chi connectivity index (χ1v) is 49.2. The third kappa shape index (κ3) is 25.2. The monoisotopic (exact) mass is 2120 g/mol. The number of nitrogens with two attached hydrogens (primary N) is 3. The van der Waals surface area contributed by atoms with Crippen LogP contribution in [0, 0.1) is 13.1 Å². The first kappa shape index (κ1) is 104. The van der Waals surface area contributed by atoms with E-state index in [2.05, 4.69) is 91.1 Å². The van der Waals surface area contributed by atoms with Crippen LogP contribution in [-0.4, -0.2) is 140 Å². The number of aromatic nitrogens is 15. The van der Waals surface area contributed by atoms with Crippen LogP contribution in [0.3, 0.4) is 0 Å². The number of para-hydroxylation sites is 4. The Labute approximate surface area is 846 Å². The van der Waals surface area contributed by atoms with Gasteiger partial charge in [-0.3, -0.25) is 13.7 Å². The second-order valence-electron chi connectivity index (χ2n) is 32.1. The van der Waals surface area contributed by atoms with Crippen molar-refractivity contribution in [1.29, 1.82) is 0 Å². The van der Waals surface area contributed by atoms with Crippen LogP contribution in [0.4, 0.5) is 77.9 Å². The first-order chi connectivity index (χ1) is 68.0. The maximum atomic E-state index is 14.4. The predicted octanol–water partition coefficient (Wildman–Crippen LogP) is 25.5. The highest BCUT2D eigenvalue weighted by atomic mass is 79.9. The smallest absolute Gasteiger partial charge is 0.495 e. The summed E-state index contributed by atoms with van der Waals surface area (Å²) >= 11 is 27.5. The Kier molecular flexibility index (Phi) is 35.8. The van der Waals surface area contributed by atoms with Crippen LogP contribution in [0.25, 0.3) is 74.9 Å². The van der Waals surface area contributed by atoms with Gasteiger partial charge >= 0.3 is 7.12 Å². The quantitative estimate of drug-likeness (QED) is 0.0156. The molecule has 3 unspecified atom stereocenters. The van der Waals surface area contributed by atoms with Gasteiger partial charge in [-0.25, -0.2) is 76.2 Å². The van der Waals surface area contributed by atoms with Crippen molar-refractivity contribution in [3.63, 3.8) is 0 Å². The fraction of sp³-hybridized carbons (Fsp3) is 0.305. The van der Waals surface area contributed by atoms with Gasteiger partial charge in [0.2, 0.25) is 5.82 Å². The normalized spacial score (nSPS) is 15.7. The average molecular weight is 2130 g/mol. The molecule has 0 saturated carbocycles. The second kappa shape index (κ2) is 48.3. The molecule has 4 aromatic carbocycles. The maximum absolute atomic E-state index is 14.4. The van der Waals surface area contributed by atoms with Crippen LogP contribution in [0.5, 0.6) is 23.0 Å². The molecule has 46 heteroatoms. The molecule has 0 radical (unpaired) electrons. The Morgan fingerprint density at radius 3 is 1.28 bits per heavy atom. The van der Waals surface area contributed by atoms with Crippen molar-refractivity contribution in [2.24, 2.45) is 0 Å². The molecule has 12 aromatic heterocycles. The van der Waals surface area contributed by atoms with Gasteiger partial charge in [-0.1, -0.05) is 90.4 Å². The molecular formula is C95H93BBrCl3F6N22O9S4. The number of thiazole rings is 4. The minimum absolute atomic E-state index is 0.139. The number of hydrogen-bond donors (Lipinski definition) is 5. The van der Waals surface area contributed by atoms with Crippen molar-refractivity contribution in [2.45, 2.75) is 141 Å². The topological polar surface area (TPSA) is 363 Å². The molecule has 4 saturated heterocycles. The first-order valence-electron chi connectivity index (χ1n) is 43.7. The lowest BCUT2D eigenvalue weighted by molar-refractivity contribution is -0.0363. The Balaban J connectivity index is 0.000000141. The minimum Gasteiger partial charge on any atom is -0.495 e. The largest absolute Gasteiger partial charge is 0.498 e. The zero-order chi connectivity index (χ0) is 100. The molecular weight excluding hydrogens is 2030 g/mol. The number of halogens is 10. The molecule has 16 heterocycles. The summed E-state index contributed by atoms with van der Waals surface area (Å²) in [5.41, 5.74) is 25.8. The van der Waals surface area contributed by atoms with E-state index in [0.29, 0.717) is 130 Å². The van der Waals surface area contributed by atoms with Gasteiger partial charge in [-0.2, -0.15) is 0 Å². The van der Waals surface area contributed by atoms with Crippen molar-refractivity contribution < 1.29 is 68.8 Å². The van der Waals surface area contributed by atoms with E-state index in [1.54, 1.807) is 130 Å². The van der Waals surface area contributed by atoms with E-state index in [1.165, 1.54) is 42.4 Å². The van der Waals surface area contributed by atoms with Crippen molar-refractivity contribution >= 4 is 194 Å². The molecule has 16 aromatic rings. The van der Waals surface area contributed by atoms with Gasteiger partial charge < -0.3 is 80.0 Å². The molecule has 0 amide bonds. The highest BCUT2D eigenvalue weighted by Crippen LogP contribution is 2.47. The number of methoxy groups -OCH3 is 4. The number of anilines is 7. The molecule has 3 atom stereocenters. The third-order valence-corrected chi connectivity index (χ3v) is 26.8. The molecule has 734 valence electrons. The summed E-state index contributed by atoms with van der Waals surface area (Å²) in [6.07, 6.45) is 4.38. The molecule has 0 spiro atoms. The number of benzene rings is 4. The van der Waals surface area contributed by atoms with Gasteiger partial charge in [-0.05, 0) is 174 Å². The lowest BCUT2D eigenvalue weighted by atomic mass is 9.78. The Hall–Kier alpha value is -12.5. The molecule has 0 bridgehead atoms. The zero-order valence-electron chi connectivity index (χ0n) is 76.9. The molecule has 141 heavy (non-hydrogen) atoms. The second-order valence-corrected chi connectivity index (χ2v) is 38.1. The van der Waals surface area contributed by atoms with Crippen molar-refractivity contribution in [3.05, 3.63) is 245 Å². The molecule has 8 N–H and O–H groups in total. The van der Waals surface area contributed by atoms with Gasteiger partial charge in [-0.15, -0.1) is 55.3 Å². The number of pyridine rings is 5. The number of nitrogens with zero attached hydrogens (tertiary/aromatic N) is 17. The summed E-state index contributed by atoms with van der Waals surface area (Å²) in [7, 11) is 5.90. The standard InChI is InChI=1S/C29H25F2N7O2S.C22H20ClF2N5O2S.C13H20BNO3.C12H11Cl2F2N3O.C10H10N2OS.C6H5N3.C3H2BrNS/c1-32-22-10-5-7-17(34-22)15-18-16-21(36-20-9-6-8-19(25(20)39-2)29-33-12-14-41-29)24-27(35-18)38(28(37-24)26(30)31)23-11-3-4-13-40-23;1-31-18-12(22-26-8-10-33-22)5-4-6-13(18)27-14-11-15(23)28-20-17(14)29-21(19(24)25)30(20)16-7-2-3-9-32-16;1-12(2)13(3,4)18-14(17-12)9-7-6-8-10(15)11(9)16-5;13-6-5-7(14)17-11-9(6)18-12(10(15)16)19(11)8-3-1-2-4-20-8;1-13-9-7(3-2-4-8(9)11)10-12-5-6-14-10;1-8-6-4-2-3-5(7)9-6;4-3-5-1-2-6-3/h5-10,12,14,16,23,26H,3-4,11,13,15H2,2H3,(H,35,36);4-6,8,10-11,16,19H,2-3,7,9H2,1H3,(H,27,28);6-8H,15H2,1-5H3;5,8,10H,1-4H2;2-6H,11H2,1H3;2-4H,(H2,7,9);1-2H. The highest BCUT2D eigenvalue weighted by Gasteiger charge is 2.53. The third-order valence-electron chi connectivity index (χ3n) is 22.4. The van der Waals surface area contributed by atoms with Crippen LogP contribution >= 0.6 is 96.1 Å². The van der Waals surface area contributed by atoms with E-state index in [1.807, 2.05) is 116 Å². The maximum Gasteiger partial charge on any atom is 0.498 e. The van der Waals surface area contributed by atoms with Gasteiger partial charge in [0.05, 0.1) is 108 Å². The average Bonchev–Trinajstić information content (AvgIpc) is 1.60. The summed E-state index contributed by atoms with van der Waals surface area (Å²) in [5.74, 6) is 2.28. The number of fused-ring (bicyclic) bond motifs is 3. The van der Waals surface area contributed by atoms with E-state index < -0.39 is 56.7 Å². The zero-order valence-corrected chi connectivity index (χ0v) is 84.0. The number of rotatable bonds is 20. The van der Waals surface area contributed by atoms with Gasteiger partial charge in [0, 0.05) is 83.7 Å². The van der Waals surface area contributed by atoms with E-state index in [0.717, 1.165) is 79.6 Å². The predicted molar refractivity (Wildman–Crippen MR) is 543 cm³/mol. The van der Waals surface area contributed by atoms with Crippen LogP contribution in [0.1, 0.15) is 152 Å². The Morgan fingerprint density at radius 1 is 0.461 bits per heavy atom. The van der Waals surface area contributed by atoms with Crippen molar-refractivity contribution in [1.82, 2.24) is 73.5 Å². The van der Waals surface area contributed by atoms with Crippen LogP contribution < -0.4 is 52.2 Å². The summed E-state index contributed by atoms with van der Waals surface area (Å²) < 4.78 is 139. The van der Waals surface area contributed by atoms with E-state index in [4.69, 9.17) is 113 Å². The molecule has 4 aliphatic rings. The van der Waals surface area contributed by atoms with Gasteiger partial charge in [0.15, 0.2) is 55.6 Å². The van der Waals surface area contributed by atoms with Crippen LogP contribution in [0.15, 0.2) is 178 Å². The van der Waals surface area contributed by atoms with Gasteiger partial charge in [0.1, 0.15) is 72.0 Å². The van der Waals surface area contributed by atoms with Gasteiger partial charge in [0.25, 0.3) is 30.9 Å². The van der Waals surface area contributed by atoms with E-state index in [9.17, 15) is 26.3 Å². The lowest BCUT2D eigenvalue weighted by Crippen LogP contribution is -2.41.